The molecule has 0 radical (unpaired) electrons. The van der Waals surface area contributed by atoms with Gasteiger partial charge in [-0.3, -0.25) is 10.1 Å². The molecule has 0 spiro atoms. The summed E-state index contributed by atoms with van der Waals surface area (Å²) in [5.41, 5.74) is 1.39. The zero-order valence-electron chi connectivity index (χ0n) is 9.67. The van der Waals surface area contributed by atoms with Crippen LogP contribution in [-0.2, 0) is 0 Å². The van der Waals surface area contributed by atoms with Gasteiger partial charge in [0.2, 0.25) is 0 Å². The number of hydrogen-bond acceptors (Lipinski definition) is 5. The van der Waals surface area contributed by atoms with Gasteiger partial charge in [-0.1, -0.05) is 0 Å². The van der Waals surface area contributed by atoms with Crippen LogP contribution in [0.4, 0.5) is 11.4 Å². The molecule has 0 aliphatic heterocycles. The quantitative estimate of drug-likeness (QED) is 0.564. The average Bonchev–Trinajstić information content (AvgIpc) is 2.28. The van der Waals surface area contributed by atoms with Crippen LogP contribution in [0.5, 0.6) is 0 Å². The van der Waals surface area contributed by atoms with Gasteiger partial charge in [0.15, 0.2) is 0 Å². The summed E-state index contributed by atoms with van der Waals surface area (Å²) < 4.78 is 0. The number of benzene rings is 1. The summed E-state index contributed by atoms with van der Waals surface area (Å²) in [6, 6.07) is 4.74. The zero-order chi connectivity index (χ0) is 12.8. The van der Waals surface area contributed by atoms with E-state index in [-0.39, 0.29) is 18.9 Å². The molecule has 6 heteroatoms. The molecule has 2 N–H and O–H groups in total. The Kier molecular flexibility index (Phi) is 4.86. The molecule has 0 saturated carbocycles. The maximum absolute atomic E-state index is 10.7. The Labute approximate surface area is 99.3 Å². The standard InChI is InChI=1S/C11H16N2O4/c1-9-8-10(2-3-11(9)13(16)17)12(4-6-14)5-7-15/h2-3,8,14-15H,4-7H2,1H3. The summed E-state index contributed by atoms with van der Waals surface area (Å²) >= 11 is 0. The molecule has 0 bridgehead atoms. The second-order valence-corrected chi connectivity index (χ2v) is 3.66. The monoisotopic (exact) mass is 240 g/mol. The molecule has 0 fully saturated rings. The highest BCUT2D eigenvalue weighted by Crippen LogP contribution is 2.23. The summed E-state index contributed by atoms with van der Waals surface area (Å²) in [6.07, 6.45) is 0. The van der Waals surface area contributed by atoms with E-state index in [0.29, 0.717) is 18.7 Å². The number of anilines is 1. The molecule has 0 aliphatic rings. The van der Waals surface area contributed by atoms with Gasteiger partial charge < -0.3 is 15.1 Å². The Morgan fingerprint density at radius 2 is 1.88 bits per heavy atom. The lowest BCUT2D eigenvalue weighted by Crippen LogP contribution is -2.29. The van der Waals surface area contributed by atoms with Crippen LogP contribution in [0.15, 0.2) is 18.2 Å². The van der Waals surface area contributed by atoms with Crippen LogP contribution in [0.2, 0.25) is 0 Å². The fourth-order valence-corrected chi connectivity index (χ4v) is 1.65. The van der Waals surface area contributed by atoms with E-state index in [1.807, 2.05) is 0 Å². The number of aliphatic hydroxyl groups excluding tert-OH is 2. The van der Waals surface area contributed by atoms with Crippen LogP contribution < -0.4 is 4.90 Å². The highest BCUT2D eigenvalue weighted by atomic mass is 16.6. The normalized spacial score (nSPS) is 10.3. The minimum absolute atomic E-state index is 0.0317. The second-order valence-electron chi connectivity index (χ2n) is 3.66. The first kappa shape index (κ1) is 13.4. The van der Waals surface area contributed by atoms with E-state index in [2.05, 4.69) is 0 Å². The van der Waals surface area contributed by atoms with Gasteiger partial charge in [-0.15, -0.1) is 0 Å². The number of rotatable bonds is 6. The second kappa shape index (κ2) is 6.17. The topological polar surface area (TPSA) is 86.8 Å². The predicted molar refractivity (Wildman–Crippen MR) is 64.2 cm³/mol. The Bertz CT molecular complexity index is 389. The highest BCUT2D eigenvalue weighted by molar-refractivity contribution is 5.55. The lowest BCUT2D eigenvalue weighted by Gasteiger charge is -2.23. The highest BCUT2D eigenvalue weighted by Gasteiger charge is 2.13. The number of nitro groups is 1. The van der Waals surface area contributed by atoms with Crippen molar-refractivity contribution in [2.24, 2.45) is 0 Å². The molecule has 0 saturated heterocycles. The predicted octanol–water partition coefficient (Wildman–Crippen LogP) is 0.694. The van der Waals surface area contributed by atoms with Gasteiger partial charge in [0.1, 0.15) is 0 Å². The molecule has 94 valence electrons. The van der Waals surface area contributed by atoms with Crippen molar-refractivity contribution in [1.82, 2.24) is 0 Å². The van der Waals surface area contributed by atoms with E-state index in [4.69, 9.17) is 10.2 Å². The van der Waals surface area contributed by atoms with Crippen molar-refractivity contribution in [2.75, 3.05) is 31.2 Å². The summed E-state index contributed by atoms with van der Waals surface area (Å²) in [5, 5.41) is 28.5. The molecular weight excluding hydrogens is 224 g/mol. The minimum atomic E-state index is -0.429. The van der Waals surface area contributed by atoms with Gasteiger partial charge in [0, 0.05) is 30.4 Å². The minimum Gasteiger partial charge on any atom is -0.395 e. The number of nitrogens with zero attached hydrogens (tertiary/aromatic N) is 2. The molecule has 1 rings (SSSR count). The van der Waals surface area contributed by atoms with Crippen molar-refractivity contribution in [3.05, 3.63) is 33.9 Å². The zero-order valence-corrected chi connectivity index (χ0v) is 9.67. The maximum Gasteiger partial charge on any atom is 0.272 e. The van der Waals surface area contributed by atoms with Crippen LogP contribution in [0.25, 0.3) is 0 Å². The van der Waals surface area contributed by atoms with Crippen LogP contribution in [0, 0.1) is 17.0 Å². The van der Waals surface area contributed by atoms with Gasteiger partial charge in [-0.2, -0.15) is 0 Å². The van der Waals surface area contributed by atoms with Crippen molar-refractivity contribution < 1.29 is 15.1 Å². The fourth-order valence-electron chi connectivity index (χ4n) is 1.65. The lowest BCUT2D eigenvalue weighted by atomic mass is 10.1. The first-order chi connectivity index (χ1) is 8.10. The van der Waals surface area contributed by atoms with Gasteiger partial charge >= 0.3 is 0 Å². The Morgan fingerprint density at radius 1 is 1.29 bits per heavy atom. The van der Waals surface area contributed by atoms with Crippen molar-refractivity contribution in [1.29, 1.82) is 0 Å². The third-order valence-corrected chi connectivity index (χ3v) is 2.48. The molecule has 0 unspecified atom stereocenters. The Balaban J connectivity index is 2.97. The molecular formula is C11H16N2O4. The summed E-state index contributed by atoms with van der Waals surface area (Å²) in [5.74, 6) is 0. The van der Waals surface area contributed by atoms with E-state index >= 15 is 0 Å². The van der Waals surface area contributed by atoms with Crippen LogP contribution in [0.3, 0.4) is 0 Å². The largest absolute Gasteiger partial charge is 0.395 e. The van der Waals surface area contributed by atoms with Crippen molar-refractivity contribution in [3.63, 3.8) is 0 Å². The number of nitro benzene ring substituents is 1. The smallest absolute Gasteiger partial charge is 0.272 e. The molecule has 17 heavy (non-hydrogen) atoms. The molecule has 0 aliphatic carbocycles. The van der Waals surface area contributed by atoms with Gasteiger partial charge in [0.25, 0.3) is 5.69 Å². The fraction of sp³-hybridized carbons (Fsp3) is 0.455. The Morgan fingerprint density at radius 3 is 2.29 bits per heavy atom. The van der Waals surface area contributed by atoms with Crippen molar-refractivity contribution in [3.8, 4) is 0 Å². The van der Waals surface area contributed by atoms with E-state index in [9.17, 15) is 10.1 Å². The summed E-state index contributed by atoms with van der Waals surface area (Å²) in [4.78, 5) is 12.0. The third-order valence-electron chi connectivity index (χ3n) is 2.48. The van der Waals surface area contributed by atoms with E-state index in [1.54, 1.807) is 24.0 Å². The van der Waals surface area contributed by atoms with Crippen molar-refractivity contribution >= 4 is 11.4 Å². The van der Waals surface area contributed by atoms with E-state index in [0.717, 1.165) is 5.69 Å². The molecule has 0 amide bonds. The number of aliphatic hydroxyl groups is 2. The first-order valence-corrected chi connectivity index (χ1v) is 5.32. The molecule has 1 aromatic carbocycles. The SMILES string of the molecule is Cc1cc(N(CCO)CCO)ccc1[N+](=O)[O-]. The average molecular weight is 240 g/mol. The molecule has 0 atom stereocenters. The van der Waals surface area contributed by atoms with Gasteiger partial charge in [0.05, 0.1) is 18.1 Å². The number of hydrogen-bond donors (Lipinski definition) is 2. The molecule has 6 nitrogen and oxygen atoms in total. The van der Waals surface area contributed by atoms with E-state index < -0.39 is 4.92 Å². The lowest BCUT2D eigenvalue weighted by molar-refractivity contribution is -0.385. The van der Waals surface area contributed by atoms with E-state index in [1.165, 1.54) is 6.07 Å². The van der Waals surface area contributed by atoms with Crippen LogP contribution in [-0.4, -0.2) is 41.4 Å². The molecule has 1 aromatic rings. The molecule has 0 aromatic heterocycles. The van der Waals surface area contributed by atoms with Crippen LogP contribution in [0.1, 0.15) is 5.56 Å². The third kappa shape index (κ3) is 3.40. The van der Waals surface area contributed by atoms with Crippen molar-refractivity contribution in [2.45, 2.75) is 6.92 Å². The summed E-state index contributed by atoms with van der Waals surface area (Å²) in [6.45, 7) is 2.37. The van der Waals surface area contributed by atoms with Crippen LogP contribution >= 0.6 is 0 Å². The maximum atomic E-state index is 10.7. The first-order valence-electron chi connectivity index (χ1n) is 5.32. The molecule has 0 heterocycles. The van der Waals surface area contributed by atoms with Gasteiger partial charge in [-0.05, 0) is 19.1 Å². The van der Waals surface area contributed by atoms with Gasteiger partial charge in [-0.25, -0.2) is 0 Å². The summed E-state index contributed by atoms with van der Waals surface area (Å²) in [7, 11) is 0. The number of aryl methyl sites for hydroxylation is 1. The Hall–Kier alpha value is -1.66.